The summed E-state index contributed by atoms with van der Waals surface area (Å²) in [4.78, 5) is 28.9. The Labute approximate surface area is 112 Å². The molecule has 0 aromatic carbocycles. The topological polar surface area (TPSA) is 88.2 Å². The van der Waals surface area contributed by atoms with Crippen LogP contribution in [0.5, 0.6) is 0 Å². The molecule has 1 rings (SSSR count). The molecule has 1 unspecified atom stereocenters. The Hall–Kier alpha value is -1.92. The van der Waals surface area contributed by atoms with Crippen molar-refractivity contribution in [3.05, 3.63) is 11.6 Å². The lowest BCUT2D eigenvalue weighted by atomic mass is 10.2. The third kappa shape index (κ3) is 3.77. The van der Waals surface area contributed by atoms with E-state index in [1.807, 2.05) is 13.8 Å². The predicted molar refractivity (Wildman–Crippen MR) is 68.6 cm³/mol. The first-order chi connectivity index (χ1) is 8.86. The molecule has 106 valence electrons. The fourth-order valence-electron chi connectivity index (χ4n) is 1.57. The summed E-state index contributed by atoms with van der Waals surface area (Å²) >= 11 is 0. The van der Waals surface area contributed by atoms with E-state index >= 15 is 0 Å². The van der Waals surface area contributed by atoms with E-state index in [0.29, 0.717) is 5.82 Å². The molecule has 1 N–H and O–H groups in total. The number of methoxy groups -OCH3 is 1. The second-order valence-corrected chi connectivity index (χ2v) is 4.81. The molecule has 0 spiro atoms. The van der Waals surface area contributed by atoms with E-state index in [1.165, 1.54) is 12.0 Å². The van der Waals surface area contributed by atoms with Crippen molar-refractivity contribution in [3.63, 3.8) is 0 Å². The molecule has 0 saturated heterocycles. The maximum Gasteiger partial charge on any atom is 0.310 e. The van der Waals surface area contributed by atoms with Gasteiger partial charge in [0.1, 0.15) is 5.82 Å². The van der Waals surface area contributed by atoms with Gasteiger partial charge in [0.05, 0.1) is 13.0 Å². The number of carbonyl (C=O) groups is 2. The van der Waals surface area contributed by atoms with Gasteiger partial charge in [-0.3, -0.25) is 14.7 Å². The molecule has 0 radical (unpaired) electrons. The Balaban J connectivity index is 2.68. The first-order valence-electron chi connectivity index (χ1n) is 6.12. The first-order valence-corrected chi connectivity index (χ1v) is 6.12. The molecule has 1 aromatic heterocycles. The molecule has 7 nitrogen and oxygen atoms in total. The Morgan fingerprint density at radius 3 is 2.47 bits per heavy atom. The normalized spacial score (nSPS) is 12.3. The number of H-pyrrole nitrogens is 1. The zero-order chi connectivity index (χ0) is 14.6. The van der Waals surface area contributed by atoms with Crippen LogP contribution < -0.4 is 0 Å². The van der Waals surface area contributed by atoms with Crippen LogP contribution in [0.4, 0.5) is 0 Å². The highest BCUT2D eigenvalue weighted by Gasteiger charge is 2.22. The van der Waals surface area contributed by atoms with Crippen molar-refractivity contribution < 1.29 is 14.3 Å². The van der Waals surface area contributed by atoms with Gasteiger partial charge in [-0.25, -0.2) is 4.98 Å². The fraction of sp³-hybridized carbons (Fsp3) is 0.667. The molecule has 0 saturated carbocycles. The third-order valence-corrected chi connectivity index (χ3v) is 2.74. The summed E-state index contributed by atoms with van der Waals surface area (Å²) in [5.74, 6) is -0.103. The zero-order valence-corrected chi connectivity index (χ0v) is 11.9. The quantitative estimate of drug-likeness (QED) is 0.798. The number of carbonyl (C=O) groups excluding carboxylic acids is 2. The number of ether oxygens (including phenoxy) is 1. The number of nitrogens with one attached hydrogen (secondary N) is 1. The summed E-state index contributed by atoms with van der Waals surface area (Å²) in [5, 5.41) is 6.62. The number of amides is 1. The van der Waals surface area contributed by atoms with E-state index in [1.54, 1.807) is 14.0 Å². The van der Waals surface area contributed by atoms with E-state index in [4.69, 9.17) is 0 Å². The molecule has 0 bridgehead atoms. The molecule has 1 heterocycles. The van der Waals surface area contributed by atoms with Gasteiger partial charge >= 0.3 is 5.97 Å². The molecule has 7 heteroatoms. The van der Waals surface area contributed by atoms with Gasteiger partial charge in [-0.05, 0) is 0 Å². The second kappa shape index (κ2) is 6.31. The van der Waals surface area contributed by atoms with Crippen molar-refractivity contribution in [2.75, 3.05) is 20.7 Å². The smallest absolute Gasteiger partial charge is 0.310 e. The van der Waals surface area contributed by atoms with Crippen molar-refractivity contribution in [2.24, 2.45) is 5.92 Å². The molecule has 19 heavy (non-hydrogen) atoms. The van der Waals surface area contributed by atoms with Crippen molar-refractivity contribution >= 4 is 11.9 Å². The van der Waals surface area contributed by atoms with Crippen LogP contribution in [-0.4, -0.2) is 52.7 Å². The van der Waals surface area contributed by atoms with Crippen LogP contribution in [0.25, 0.3) is 0 Å². The molecule has 0 aliphatic heterocycles. The lowest BCUT2D eigenvalue weighted by molar-refractivity contribution is -0.145. The number of aromatic amines is 1. The van der Waals surface area contributed by atoms with Crippen molar-refractivity contribution in [2.45, 2.75) is 26.7 Å². The Morgan fingerprint density at radius 2 is 2.00 bits per heavy atom. The molecular weight excluding hydrogens is 248 g/mol. The maximum absolute atomic E-state index is 12.1. The molecule has 0 fully saturated rings. The molecule has 1 aromatic rings. The van der Waals surface area contributed by atoms with E-state index < -0.39 is 0 Å². The number of aromatic nitrogens is 3. The van der Waals surface area contributed by atoms with Gasteiger partial charge in [-0.2, -0.15) is 0 Å². The second-order valence-electron chi connectivity index (χ2n) is 4.81. The molecule has 0 aliphatic rings. The SMILES string of the molecule is COC(=O)C(C)CN(C)C(=O)c1n[nH]c(C(C)C)n1. The van der Waals surface area contributed by atoms with Crippen LogP contribution in [0.15, 0.2) is 0 Å². The molecule has 1 atom stereocenters. The summed E-state index contributed by atoms with van der Waals surface area (Å²) in [6.45, 7) is 5.87. The predicted octanol–water partition coefficient (Wildman–Crippen LogP) is 0.809. The largest absolute Gasteiger partial charge is 0.469 e. The average molecular weight is 268 g/mol. The van der Waals surface area contributed by atoms with Gasteiger partial charge in [-0.15, -0.1) is 5.10 Å². The lowest BCUT2D eigenvalue weighted by Crippen LogP contribution is -2.34. The van der Waals surface area contributed by atoms with Crippen LogP contribution in [0.1, 0.15) is 43.1 Å². The van der Waals surface area contributed by atoms with E-state index in [0.717, 1.165) is 0 Å². The summed E-state index contributed by atoms with van der Waals surface area (Å²) in [7, 11) is 2.93. The summed E-state index contributed by atoms with van der Waals surface area (Å²) in [6, 6.07) is 0. The zero-order valence-electron chi connectivity index (χ0n) is 11.9. The van der Waals surface area contributed by atoms with Crippen LogP contribution in [-0.2, 0) is 9.53 Å². The van der Waals surface area contributed by atoms with Gasteiger partial charge < -0.3 is 9.64 Å². The number of rotatable bonds is 5. The molecular formula is C12H20N4O3. The van der Waals surface area contributed by atoms with Gasteiger partial charge in [0, 0.05) is 19.5 Å². The minimum Gasteiger partial charge on any atom is -0.469 e. The highest BCUT2D eigenvalue weighted by Crippen LogP contribution is 2.09. The summed E-state index contributed by atoms with van der Waals surface area (Å²) in [5.41, 5.74) is 0. The Kier molecular flexibility index (Phi) is 5.02. The maximum atomic E-state index is 12.1. The number of nitrogens with zero attached hydrogens (tertiary/aromatic N) is 3. The third-order valence-electron chi connectivity index (χ3n) is 2.74. The Bertz CT molecular complexity index is 456. The molecule has 1 amide bonds. The first kappa shape index (κ1) is 15.1. The highest BCUT2D eigenvalue weighted by atomic mass is 16.5. The standard InChI is InChI=1S/C12H20N4O3/c1-7(2)9-13-10(15-14-9)11(17)16(4)6-8(3)12(18)19-5/h7-8H,6H2,1-5H3,(H,13,14,15). The van der Waals surface area contributed by atoms with Gasteiger partial charge in [0.2, 0.25) is 5.82 Å². The number of esters is 1. The average Bonchev–Trinajstić information content (AvgIpc) is 2.86. The van der Waals surface area contributed by atoms with Crippen LogP contribution in [0.3, 0.4) is 0 Å². The minimum absolute atomic E-state index is 0.114. The molecule has 0 aliphatic carbocycles. The number of hydrogen-bond donors (Lipinski definition) is 1. The summed E-state index contributed by atoms with van der Waals surface area (Å²) in [6.07, 6.45) is 0. The monoisotopic (exact) mass is 268 g/mol. The van der Waals surface area contributed by atoms with E-state index in [2.05, 4.69) is 19.9 Å². The highest BCUT2D eigenvalue weighted by molar-refractivity contribution is 5.90. The van der Waals surface area contributed by atoms with Crippen LogP contribution >= 0.6 is 0 Å². The minimum atomic E-state index is -0.387. The van der Waals surface area contributed by atoms with E-state index in [-0.39, 0.29) is 36.1 Å². The lowest BCUT2D eigenvalue weighted by Gasteiger charge is -2.18. The summed E-state index contributed by atoms with van der Waals surface area (Å²) < 4.78 is 4.62. The van der Waals surface area contributed by atoms with Crippen LogP contribution in [0.2, 0.25) is 0 Å². The van der Waals surface area contributed by atoms with Gasteiger partial charge in [-0.1, -0.05) is 20.8 Å². The number of hydrogen-bond acceptors (Lipinski definition) is 5. The van der Waals surface area contributed by atoms with E-state index in [9.17, 15) is 9.59 Å². The van der Waals surface area contributed by atoms with Crippen molar-refractivity contribution in [1.29, 1.82) is 0 Å². The van der Waals surface area contributed by atoms with Crippen molar-refractivity contribution in [1.82, 2.24) is 20.1 Å². The van der Waals surface area contributed by atoms with Gasteiger partial charge in [0.25, 0.3) is 5.91 Å². The van der Waals surface area contributed by atoms with Crippen molar-refractivity contribution in [3.8, 4) is 0 Å². The van der Waals surface area contributed by atoms with Gasteiger partial charge in [0.15, 0.2) is 0 Å². The Morgan fingerprint density at radius 1 is 1.37 bits per heavy atom. The fourth-order valence-corrected chi connectivity index (χ4v) is 1.57. The van der Waals surface area contributed by atoms with Crippen LogP contribution in [0, 0.1) is 5.92 Å².